The molecule has 4 nitrogen and oxygen atoms in total. The van der Waals surface area contributed by atoms with E-state index in [1.807, 2.05) is 6.92 Å². The van der Waals surface area contributed by atoms with Gasteiger partial charge >= 0.3 is 0 Å². The number of nitrogens with zero attached hydrogens (tertiary/aromatic N) is 2. The Morgan fingerprint density at radius 3 is 2.82 bits per heavy atom. The van der Waals surface area contributed by atoms with Gasteiger partial charge in [0.05, 0.1) is 0 Å². The summed E-state index contributed by atoms with van der Waals surface area (Å²) in [6, 6.07) is 1.75. The standard InChI is InChI=1S/C12H18N4S/c1-8-6-10(11(13)14)16-12(15-8)17-7-9-4-2-3-5-9/h6,9H,2-5,7H2,1H3,(H3,13,14). The van der Waals surface area contributed by atoms with Crippen molar-refractivity contribution in [3.8, 4) is 0 Å². The van der Waals surface area contributed by atoms with Gasteiger partial charge in [-0.05, 0) is 31.7 Å². The van der Waals surface area contributed by atoms with Crippen molar-refractivity contribution in [2.75, 3.05) is 5.75 Å². The van der Waals surface area contributed by atoms with Crippen LogP contribution in [-0.2, 0) is 0 Å². The fourth-order valence-corrected chi connectivity index (χ4v) is 3.20. The fourth-order valence-electron chi connectivity index (χ4n) is 2.11. The SMILES string of the molecule is Cc1cc(C(=N)N)nc(SCC2CCCC2)n1. The molecule has 1 aliphatic rings. The van der Waals surface area contributed by atoms with Gasteiger partial charge in [-0.3, -0.25) is 5.41 Å². The Morgan fingerprint density at radius 1 is 1.47 bits per heavy atom. The molecule has 1 fully saturated rings. The Bertz CT molecular complexity index is 413. The second-order valence-electron chi connectivity index (χ2n) is 4.55. The van der Waals surface area contributed by atoms with Gasteiger partial charge in [0.1, 0.15) is 11.5 Å². The van der Waals surface area contributed by atoms with Crippen molar-refractivity contribution in [3.63, 3.8) is 0 Å². The lowest BCUT2D eigenvalue weighted by atomic mass is 10.1. The maximum atomic E-state index is 7.41. The van der Waals surface area contributed by atoms with Crippen LogP contribution in [0.3, 0.4) is 0 Å². The predicted octanol–water partition coefficient (Wildman–Crippen LogP) is 2.35. The van der Waals surface area contributed by atoms with Crippen LogP contribution in [0.15, 0.2) is 11.2 Å². The lowest BCUT2D eigenvalue weighted by molar-refractivity contribution is 0.622. The zero-order valence-electron chi connectivity index (χ0n) is 10.1. The number of hydrogen-bond donors (Lipinski definition) is 2. The molecule has 92 valence electrons. The first-order valence-corrected chi connectivity index (χ1v) is 6.96. The van der Waals surface area contributed by atoms with E-state index in [0.29, 0.717) is 5.69 Å². The molecule has 0 spiro atoms. The summed E-state index contributed by atoms with van der Waals surface area (Å²) < 4.78 is 0. The summed E-state index contributed by atoms with van der Waals surface area (Å²) in [7, 11) is 0. The highest BCUT2D eigenvalue weighted by Crippen LogP contribution is 2.29. The molecule has 0 bridgehead atoms. The van der Waals surface area contributed by atoms with Crippen molar-refractivity contribution >= 4 is 17.6 Å². The molecule has 1 heterocycles. The quantitative estimate of drug-likeness (QED) is 0.372. The summed E-state index contributed by atoms with van der Waals surface area (Å²) in [5.74, 6) is 1.91. The molecule has 1 saturated carbocycles. The Morgan fingerprint density at radius 2 is 2.18 bits per heavy atom. The van der Waals surface area contributed by atoms with Gasteiger partial charge in [-0.25, -0.2) is 9.97 Å². The van der Waals surface area contributed by atoms with Crippen LogP contribution in [0.5, 0.6) is 0 Å². The van der Waals surface area contributed by atoms with Crippen LogP contribution in [0.4, 0.5) is 0 Å². The number of aryl methyl sites for hydroxylation is 1. The minimum Gasteiger partial charge on any atom is -0.382 e. The minimum absolute atomic E-state index is 0.0122. The number of hydrogen-bond acceptors (Lipinski definition) is 4. The molecule has 0 aliphatic heterocycles. The van der Waals surface area contributed by atoms with E-state index in [-0.39, 0.29) is 5.84 Å². The average Bonchev–Trinajstić information content (AvgIpc) is 2.78. The lowest BCUT2D eigenvalue weighted by Crippen LogP contribution is -2.14. The number of amidine groups is 1. The Labute approximate surface area is 106 Å². The third-order valence-electron chi connectivity index (χ3n) is 3.03. The second-order valence-corrected chi connectivity index (χ2v) is 5.54. The van der Waals surface area contributed by atoms with Crippen molar-refractivity contribution in [1.82, 2.24) is 9.97 Å². The third kappa shape index (κ3) is 3.43. The molecule has 0 atom stereocenters. The molecule has 0 saturated heterocycles. The molecule has 0 amide bonds. The maximum absolute atomic E-state index is 7.41. The van der Waals surface area contributed by atoms with Gasteiger partial charge in [0, 0.05) is 11.4 Å². The summed E-state index contributed by atoms with van der Waals surface area (Å²) in [6.45, 7) is 1.91. The van der Waals surface area contributed by atoms with E-state index in [0.717, 1.165) is 22.5 Å². The molecule has 0 radical (unpaired) electrons. The molecule has 1 aliphatic carbocycles. The smallest absolute Gasteiger partial charge is 0.188 e. The van der Waals surface area contributed by atoms with Crippen LogP contribution >= 0.6 is 11.8 Å². The monoisotopic (exact) mass is 250 g/mol. The van der Waals surface area contributed by atoms with Crippen molar-refractivity contribution < 1.29 is 0 Å². The van der Waals surface area contributed by atoms with Crippen LogP contribution in [0, 0.1) is 18.3 Å². The van der Waals surface area contributed by atoms with Crippen molar-refractivity contribution in [2.24, 2.45) is 11.7 Å². The summed E-state index contributed by atoms with van der Waals surface area (Å²) in [4.78, 5) is 8.67. The Kier molecular flexibility index (Phi) is 3.99. The van der Waals surface area contributed by atoms with Crippen LogP contribution < -0.4 is 5.73 Å². The van der Waals surface area contributed by atoms with Crippen LogP contribution in [0.2, 0.25) is 0 Å². The molecule has 5 heteroatoms. The second kappa shape index (κ2) is 5.49. The van der Waals surface area contributed by atoms with Gasteiger partial charge in [0.25, 0.3) is 0 Å². The minimum atomic E-state index is 0.0122. The first-order valence-electron chi connectivity index (χ1n) is 5.98. The summed E-state index contributed by atoms with van der Waals surface area (Å²) in [5, 5.41) is 8.16. The van der Waals surface area contributed by atoms with Gasteiger partial charge in [-0.15, -0.1) is 0 Å². The van der Waals surface area contributed by atoms with Gasteiger partial charge in [-0.2, -0.15) is 0 Å². The van der Waals surface area contributed by atoms with Crippen molar-refractivity contribution in [2.45, 2.75) is 37.8 Å². The van der Waals surface area contributed by atoms with Gasteiger partial charge in [0.2, 0.25) is 0 Å². The predicted molar refractivity (Wildman–Crippen MR) is 70.5 cm³/mol. The molecule has 1 aromatic rings. The van der Waals surface area contributed by atoms with E-state index in [2.05, 4.69) is 9.97 Å². The van der Waals surface area contributed by atoms with Crippen LogP contribution in [-0.4, -0.2) is 21.6 Å². The molecule has 17 heavy (non-hydrogen) atoms. The number of rotatable bonds is 4. The van der Waals surface area contributed by atoms with Crippen LogP contribution in [0.25, 0.3) is 0 Å². The molecular weight excluding hydrogens is 232 g/mol. The number of nitrogen functional groups attached to an aromatic ring is 1. The van der Waals surface area contributed by atoms with E-state index in [9.17, 15) is 0 Å². The van der Waals surface area contributed by atoms with Gasteiger partial charge in [0.15, 0.2) is 5.16 Å². The molecule has 1 aromatic heterocycles. The number of nitrogens with two attached hydrogens (primary N) is 1. The first kappa shape index (κ1) is 12.4. The normalized spacial score (nSPS) is 16.3. The first-order chi connectivity index (χ1) is 8.15. The molecule has 0 aromatic carbocycles. The van der Waals surface area contributed by atoms with E-state index < -0.39 is 0 Å². The number of aromatic nitrogens is 2. The zero-order valence-corrected chi connectivity index (χ0v) is 10.9. The van der Waals surface area contributed by atoms with Crippen molar-refractivity contribution in [3.05, 3.63) is 17.5 Å². The van der Waals surface area contributed by atoms with Gasteiger partial charge < -0.3 is 5.73 Å². The summed E-state index contributed by atoms with van der Waals surface area (Å²) in [6.07, 6.45) is 5.38. The average molecular weight is 250 g/mol. The Hall–Kier alpha value is -1.10. The highest BCUT2D eigenvalue weighted by atomic mass is 32.2. The fraction of sp³-hybridized carbons (Fsp3) is 0.583. The maximum Gasteiger partial charge on any atom is 0.188 e. The summed E-state index contributed by atoms with van der Waals surface area (Å²) in [5.41, 5.74) is 6.86. The Balaban J connectivity index is 2.01. The van der Waals surface area contributed by atoms with Crippen molar-refractivity contribution in [1.29, 1.82) is 5.41 Å². The largest absolute Gasteiger partial charge is 0.382 e. The van der Waals surface area contributed by atoms with Gasteiger partial charge in [-0.1, -0.05) is 24.6 Å². The number of nitrogens with one attached hydrogen (secondary N) is 1. The third-order valence-corrected chi connectivity index (χ3v) is 4.11. The summed E-state index contributed by atoms with van der Waals surface area (Å²) >= 11 is 1.69. The van der Waals surface area contributed by atoms with Crippen LogP contribution in [0.1, 0.15) is 37.1 Å². The molecule has 2 rings (SSSR count). The zero-order chi connectivity index (χ0) is 12.3. The highest BCUT2D eigenvalue weighted by molar-refractivity contribution is 7.99. The molecule has 3 N–H and O–H groups in total. The lowest BCUT2D eigenvalue weighted by Gasteiger charge is -2.08. The van der Waals surface area contributed by atoms with E-state index >= 15 is 0 Å². The highest BCUT2D eigenvalue weighted by Gasteiger charge is 2.16. The van der Waals surface area contributed by atoms with E-state index in [1.54, 1.807) is 17.8 Å². The number of thioether (sulfide) groups is 1. The van der Waals surface area contributed by atoms with E-state index in [4.69, 9.17) is 11.1 Å². The topological polar surface area (TPSA) is 75.7 Å². The molecule has 0 unspecified atom stereocenters. The van der Waals surface area contributed by atoms with E-state index in [1.165, 1.54) is 25.7 Å². The molecular formula is C12H18N4S.